The molecule has 2 heterocycles. The molecule has 4 aromatic rings. The molecule has 5 rings (SSSR count). The summed E-state index contributed by atoms with van der Waals surface area (Å²) in [6.07, 6.45) is 3.12. The Bertz CT molecular complexity index is 1380. The Morgan fingerprint density at radius 3 is 2.40 bits per heavy atom. The summed E-state index contributed by atoms with van der Waals surface area (Å²) in [7, 11) is 0. The van der Waals surface area contributed by atoms with Crippen molar-refractivity contribution in [1.29, 1.82) is 0 Å². The number of likely N-dealkylation sites (tertiary alicyclic amines) is 1. The van der Waals surface area contributed by atoms with Crippen LogP contribution in [0.1, 0.15) is 35.1 Å². The summed E-state index contributed by atoms with van der Waals surface area (Å²) in [5.74, 6) is 0.968. The molecule has 1 N–H and O–H groups in total. The first-order valence-corrected chi connectivity index (χ1v) is 12.3. The number of phenols is 1. The van der Waals surface area contributed by atoms with Gasteiger partial charge in [0, 0.05) is 18.0 Å². The molecule has 1 aliphatic heterocycles. The van der Waals surface area contributed by atoms with Gasteiger partial charge in [-0.05, 0) is 86.7 Å². The van der Waals surface area contributed by atoms with Crippen LogP contribution in [0.5, 0.6) is 11.5 Å². The fourth-order valence-electron chi connectivity index (χ4n) is 4.81. The van der Waals surface area contributed by atoms with E-state index in [1.54, 1.807) is 0 Å². The van der Waals surface area contributed by atoms with Gasteiger partial charge in [0.2, 0.25) is 0 Å². The molecule has 1 fully saturated rings. The number of fused-ring (bicyclic) bond motifs is 1. The number of aryl methyl sites for hydroxylation is 2. The third kappa shape index (κ3) is 5.10. The van der Waals surface area contributed by atoms with Crippen LogP contribution in [0.25, 0.3) is 22.1 Å². The quantitative estimate of drug-likeness (QED) is 0.344. The van der Waals surface area contributed by atoms with E-state index < -0.39 is 5.63 Å². The number of aromatic hydroxyl groups is 1. The van der Waals surface area contributed by atoms with Gasteiger partial charge in [0.15, 0.2) is 0 Å². The van der Waals surface area contributed by atoms with E-state index in [0.717, 1.165) is 45.5 Å². The van der Waals surface area contributed by atoms with E-state index in [9.17, 15) is 9.90 Å². The first-order valence-electron chi connectivity index (χ1n) is 12.3. The Hall–Kier alpha value is -3.57. The summed E-state index contributed by atoms with van der Waals surface area (Å²) in [6, 6.07) is 19.4. The number of ether oxygens (including phenoxy) is 1. The van der Waals surface area contributed by atoms with Crippen molar-refractivity contribution >= 4 is 11.0 Å². The van der Waals surface area contributed by atoms with Crippen LogP contribution in [0, 0.1) is 13.8 Å². The van der Waals surface area contributed by atoms with Crippen LogP contribution in [-0.2, 0) is 6.42 Å². The third-order valence-electron chi connectivity index (χ3n) is 6.85. The minimum Gasteiger partial charge on any atom is -0.508 e. The van der Waals surface area contributed by atoms with E-state index in [-0.39, 0.29) is 5.75 Å². The molecule has 35 heavy (non-hydrogen) atoms. The van der Waals surface area contributed by atoms with Crippen LogP contribution < -0.4 is 10.4 Å². The van der Waals surface area contributed by atoms with Crippen LogP contribution in [0.2, 0.25) is 0 Å². The van der Waals surface area contributed by atoms with Crippen molar-refractivity contribution in [2.45, 2.75) is 33.1 Å². The molecule has 1 aliphatic rings. The second kappa shape index (κ2) is 9.96. The van der Waals surface area contributed by atoms with Crippen molar-refractivity contribution in [1.82, 2.24) is 4.90 Å². The number of nitrogens with zero attached hydrogens (tertiary/aromatic N) is 1. The van der Waals surface area contributed by atoms with E-state index in [1.165, 1.54) is 32.0 Å². The number of phenolic OH excluding ortho intramolecular Hbond substituents is 1. The van der Waals surface area contributed by atoms with E-state index in [0.29, 0.717) is 24.2 Å². The van der Waals surface area contributed by atoms with Gasteiger partial charge in [-0.1, -0.05) is 42.0 Å². The number of hydrogen-bond donors (Lipinski definition) is 1. The molecule has 0 atom stereocenters. The highest BCUT2D eigenvalue weighted by Crippen LogP contribution is 2.33. The maximum atomic E-state index is 13.1. The van der Waals surface area contributed by atoms with Crippen molar-refractivity contribution in [2.75, 3.05) is 26.2 Å². The summed E-state index contributed by atoms with van der Waals surface area (Å²) in [5, 5.41) is 11.0. The predicted molar refractivity (Wildman–Crippen MR) is 139 cm³/mol. The molecule has 5 nitrogen and oxygen atoms in total. The molecule has 0 saturated carbocycles. The minimum atomic E-state index is -0.401. The summed E-state index contributed by atoms with van der Waals surface area (Å²) in [4.78, 5) is 15.6. The van der Waals surface area contributed by atoms with Gasteiger partial charge < -0.3 is 14.3 Å². The molecule has 0 spiro atoms. The van der Waals surface area contributed by atoms with E-state index >= 15 is 0 Å². The van der Waals surface area contributed by atoms with Crippen LogP contribution in [0.3, 0.4) is 0 Å². The van der Waals surface area contributed by atoms with Crippen LogP contribution in [0.4, 0.5) is 0 Å². The van der Waals surface area contributed by atoms with Crippen molar-refractivity contribution < 1.29 is 14.3 Å². The SMILES string of the molecule is Cc1ccc(-c2c(Cc3ccc(OCCN4CCCC4)cc3)c3cc(C)c(O)cc3oc2=O)cc1. The molecule has 0 amide bonds. The highest BCUT2D eigenvalue weighted by atomic mass is 16.5. The van der Waals surface area contributed by atoms with Gasteiger partial charge in [-0.15, -0.1) is 0 Å². The maximum absolute atomic E-state index is 13.1. The standard InChI is InChI=1S/C30H31NO4/c1-20-5-9-23(10-6-20)29-26(25-17-21(2)27(32)19-28(25)35-30(29)33)18-22-7-11-24(12-8-22)34-16-15-31-13-3-4-14-31/h5-12,17,19,32H,3-4,13-16,18H2,1-2H3. The summed E-state index contributed by atoms with van der Waals surface area (Å²) >= 11 is 0. The van der Waals surface area contributed by atoms with E-state index in [1.807, 2.05) is 56.3 Å². The Morgan fingerprint density at radius 2 is 1.69 bits per heavy atom. The van der Waals surface area contributed by atoms with Gasteiger partial charge in [0.1, 0.15) is 23.7 Å². The van der Waals surface area contributed by atoms with Gasteiger partial charge in [-0.3, -0.25) is 4.90 Å². The number of hydrogen-bond acceptors (Lipinski definition) is 5. The highest BCUT2D eigenvalue weighted by Gasteiger charge is 2.18. The summed E-state index contributed by atoms with van der Waals surface area (Å²) in [6.45, 7) is 7.85. The van der Waals surface area contributed by atoms with Crippen LogP contribution >= 0.6 is 0 Å². The summed E-state index contributed by atoms with van der Waals surface area (Å²) < 4.78 is 11.6. The maximum Gasteiger partial charge on any atom is 0.344 e. The third-order valence-corrected chi connectivity index (χ3v) is 6.85. The lowest BCUT2D eigenvalue weighted by Gasteiger charge is -2.15. The molecule has 3 aromatic carbocycles. The van der Waals surface area contributed by atoms with Crippen LogP contribution in [-0.4, -0.2) is 36.2 Å². The summed E-state index contributed by atoms with van der Waals surface area (Å²) in [5.41, 5.74) is 5.22. The molecule has 0 bridgehead atoms. The fraction of sp³-hybridized carbons (Fsp3) is 0.300. The fourth-order valence-corrected chi connectivity index (χ4v) is 4.81. The van der Waals surface area contributed by atoms with Crippen molar-refractivity contribution in [2.24, 2.45) is 0 Å². The van der Waals surface area contributed by atoms with Gasteiger partial charge in [0.25, 0.3) is 0 Å². The zero-order valence-corrected chi connectivity index (χ0v) is 20.3. The topological polar surface area (TPSA) is 62.9 Å². The lowest BCUT2D eigenvalue weighted by Crippen LogP contribution is -2.25. The van der Waals surface area contributed by atoms with Gasteiger partial charge in [0.05, 0.1) is 5.56 Å². The van der Waals surface area contributed by atoms with Crippen molar-refractivity contribution in [3.63, 3.8) is 0 Å². The zero-order valence-electron chi connectivity index (χ0n) is 20.3. The van der Waals surface area contributed by atoms with Crippen LogP contribution in [0.15, 0.2) is 69.9 Å². The number of benzene rings is 3. The molecule has 5 heteroatoms. The molecule has 0 unspecified atom stereocenters. The normalized spacial score (nSPS) is 14.0. The first-order chi connectivity index (χ1) is 17.0. The lowest BCUT2D eigenvalue weighted by atomic mass is 9.92. The first kappa shape index (κ1) is 23.2. The van der Waals surface area contributed by atoms with E-state index in [4.69, 9.17) is 9.15 Å². The monoisotopic (exact) mass is 469 g/mol. The zero-order chi connectivity index (χ0) is 24.4. The average molecular weight is 470 g/mol. The average Bonchev–Trinajstić information content (AvgIpc) is 3.36. The molecular formula is C30H31NO4. The Morgan fingerprint density at radius 1 is 0.971 bits per heavy atom. The predicted octanol–water partition coefficient (Wildman–Crippen LogP) is 5.85. The van der Waals surface area contributed by atoms with E-state index in [2.05, 4.69) is 17.0 Å². The Kier molecular flexibility index (Phi) is 6.60. The van der Waals surface area contributed by atoms with Gasteiger partial charge in [-0.25, -0.2) is 4.79 Å². The molecular weight excluding hydrogens is 438 g/mol. The second-order valence-electron chi connectivity index (χ2n) is 9.46. The molecule has 180 valence electrons. The van der Waals surface area contributed by atoms with Crippen molar-refractivity contribution in [3.05, 3.63) is 93.3 Å². The molecule has 1 aromatic heterocycles. The van der Waals surface area contributed by atoms with Gasteiger partial charge >= 0.3 is 5.63 Å². The Balaban J connectivity index is 1.47. The minimum absolute atomic E-state index is 0.116. The van der Waals surface area contributed by atoms with Gasteiger partial charge in [-0.2, -0.15) is 0 Å². The number of rotatable bonds is 7. The smallest absolute Gasteiger partial charge is 0.344 e. The molecule has 0 radical (unpaired) electrons. The second-order valence-corrected chi connectivity index (χ2v) is 9.46. The highest BCUT2D eigenvalue weighted by molar-refractivity contribution is 5.89. The lowest BCUT2D eigenvalue weighted by molar-refractivity contribution is 0.238. The largest absolute Gasteiger partial charge is 0.508 e. The Labute approximate surface area is 205 Å². The molecule has 0 aliphatic carbocycles. The molecule has 1 saturated heterocycles. The van der Waals surface area contributed by atoms with Crippen molar-refractivity contribution in [3.8, 4) is 22.6 Å².